The zero-order valence-electron chi connectivity index (χ0n) is 16.8. The number of amides is 1. The van der Waals surface area contributed by atoms with E-state index in [0.717, 1.165) is 56.2 Å². The highest BCUT2D eigenvalue weighted by Gasteiger charge is 2.14. The van der Waals surface area contributed by atoms with E-state index in [2.05, 4.69) is 20.9 Å². The van der Waals surface area contributed by atoms with E-state index in [-0.39, 0.29) is 36.0 Å². The molecule has 1 unspecified atom stereocenters. The molecular formula is C20H33IN4O3. The number of ether oxygens (including phenoxy) is 2. The number of nitrogens with one attached hydrogen (secondary N) is 3. The van der Waals surface area contributed by atoms with Gasteiger partial charge in [0, 0.05) is 38.9 Å². The number of carbonyl (C=O) groups excluding carboxylic acids is 1. The van der Waals surface area contributed by atoms with E-state index < -0.39 is 0 Å². The number of aliphatic imine (C=N–C) groups is 1. The number of halogens is 1. The molecule has 1 saturated heterocycles. The Morgan fingerprint density at radius 3 is 2.93 bits per heavy atom. The minimum atomic E-state index is -0.0765. The van der Waals surface area contributed by atoms with Gasteiger partial charge in [-0.1, -0.05) is 12.1 Å². The number of rotatable bonds is 10. The highest BCUT2D eigenvalue weighted by Crippen LogP contribution is 2.12. The maximum atomic E-state index is 11.2. The maximum absolute atomic E-state index is 11.2. The number of guanidine groups is 1. The number of nitrogens with zero attached hydrogens (tertiary/aromatic N) is 1. The van der Waals surface area contributed by atoms with Crippen LogP contribution in [0.3, 0.4) is 0 Å². The van der Waals surface area contributed by atoms with Crippen LogP contribution in [0.1, 0.15) is 38.7 Å². The van der Waals surface area contributed by atoms with Gasteiger partial charge in [-0.15, -0.1) is 24.0 Å². The number of anilines is 1. The first-order valence-electron chi connectivity index (χ1n) is 9.75. The third kappa shape index (κ3) is 10.2. The topological polar surface area (TPSA) is 84.0 Å². The average molecular weight is 504 g/mol. The van der Waals surface area contributed by atoms with Gasteiger partial charge < -0.3 is 25.4 Å². The standard InChI is InChI=1S/C20H32N4O3.HI/c1-3-21-20(22-10-6-11-26-15-19-9-5-12-27-19)23-14-17-7-4-8-18(13-17)24-16(2)25;/h4,7-8,13,19H,3,5-6,9-12,14-15H2,1-2H3,(H,24,25)(H2,21,22,23);1H. The molecular weight excluding hydrogens is 471 g/mol. The Hall–Kier alpha value is -1.39. The van der Waals surface area contributed by atoms with E-state index in [0.29, 0.717) is 19.8 Å². The molecule has 0 bridgehead atoms. The third-order valence-electron chi connectivity index (χ3n) is 4.10. The molecule has 158 valence electrons. The number of benzene rings is 1. The van der Waals surface area contributed by atoms with Crippen molar-refractivity contribution < 1.29 is 14.3 Å². The van der Waals surface area contributed by atoms with Crippen LogP contribution in [0.15, 0.2) is 29.3 Å². The minimum absolute atomic E-state index is 0. The molecule has 0 aliphatic carbocycles. The Balaban J connectivity index is 0.00000392. The number of hydrogen-bond donors (Lipinski definition) is 3. The SMILES string of the molecule is CCNC(=NCc1cccc(NC(C)=O)c1)NCCCOCC1CCCO1.I. The van der Waals surface area contributed by atoms with Gasteiger partial charge in [-0.3, -0.25) is 4.79 Å². The van der Waals surface area contributed by atoms with E-state index in [1.807, 2.05) is 31.2 Å². The van der Waals surface area contributed by atoms with Crippen LogP contribution in [0.2, 0.25) is 0 Å². The van der Waals surface area contributed by atoms with Gasteiger partial charge in [0.1, 0.15) is 0 Å². The quantitative estimate of drug-likeness (QED) is 0.198. The van der Waals surface area contributed by atoms with Crippen molar-refractivity contribution in [2.45, 2.75) is 45.8 Å². The van der Waals surface area contributed by atoms with Gasteiger partial charge in [-0.2, -0.15) is 0 Å². The third-order valence-corrected chi connectivity index (χ3v) is 4.10. The van der Waals surface area contributed by atoms with Crippen LogP contribution < -0.4 is 16.0 Å². The van der Waals surface area contributed by atoms with Crippen LogP contribution >= 0.6 is 24.0 Å². The molecule has 1 atom stereocenters. The number of carbonyl (C=O) groups is 1. The predicted octanol–water partition coefficient (Wildman–Crippen LogP) is 2.90. The fourth-order valence-corrected chi connectivity index (χ4v) is 2.83. The van der Waals surface area contributed by atoms with Crippen molar-refractivity contribution in [1.82, 2.24) is 10.6 Å². The van der Waals surface area contributed by atoms with Crippen LogP contribution in [0.4, 0.5) is 5.69 Å². The first-order valence-corrected chi connectivity index (χ1v) is 9.75. The van der Waals surface area contributed by atoms with E-state index in [4.69, 9.17) is 9.47 Å². The molecule has 1 fully saturated rings. The largest absolute Gasteiger partial charge is 0.379 e. The van der Waals surface area contributed by atoms with Crippen molar-refractivity contribution in [2.24, 2.45) is 4.99 Å². The molecule has 7 nitrogen and oxygen atoms in total. The monoisotopic (exact) mass is 504 g/mol. The fraction of sp³-hybridized carbons (Fsp3) is 0.600. The maximum Gasteiger partial charge on any atom is 0.221 e. The zero-order chi connectivity index (χ0) is 19.3. The summed E-state index contributed by atoms with van der Waals surface area (Å²) < 4.78 is 11.2. The Morgan fingerprint density at radius 2 is 2.21 bits per heavy atom. The van der Waals surface area contributed by atoms with E-state index in [1.165, 1.54) is 6.92 Å². The predicted molar refractivity (Wildman–Crippen MR) is 123 cm³/mol. The molecule has 1 aliphatic rings. The van der Waals surface area contributed by atoms with E-state index in [9.17, 15) is 4.79 Å². The zero-order valence-corrected chi connectivity index (χ0v) is 19.2. The van der Waals surface area contributed by atoms with Crippen molar-refractivity contribution in [3.63, 3.8) is 0 Å². The Labute approximate surface area is 185 Å². The molecule has 0 spiro atoms. The van der Waals surface area contributed by atoms with E-state index in [1.54, 1.807) is 0 Å². The molecule has 3 N–H and O–H groups in total. The van der Waals surface area contributed by atoms with Crippen LogP contribution in [-0.4, -0.2) is 50.9 Å². The lowest BCUT2D eigenvalue weighted by atomic mass is 10.2. The summed E-state index contributed by atoms with van der Waals surface area (Å²) in [5.41, 5.74) is 1.83. The Morgan fingerprint density at radius 1 is 1.36 bits per heavy atom. The van der Waals surface area contributed by atoms with Gasteiger partial charge in [0.15, 0.2) is 5.96 Å². The average Bonchev–Trinajstić information content (AvgIpc) is 3.15. The molecule has 0 aromatic heterocycles. The molecule has 0 radical (unpaired) electrons. The van der Waals surface area contributed by atoms with Gasteiger partial charge in [0.25, 0.3) is 0 Å². The fourth-order valence-electron chi connectivity index (χ4n) is 2.83. The van der Waals surface area contributed by atoms with Crippen LogP contribution in [0.5, 0.6) is 0 Å². The van der Waals surface area contributed by atoms with Gasteiger partial charge in [-0.25, -0.2) is 4.99 Å². The van der Waals surface area contributed by atoms with Crippen LogP contribution in [-0.2, 0) is 20.8 Å². The van der Waals surface area contributed by atoms with Crippen LogP contribution in [0.25, 0.3) is 0 Å². The molecule has 1 aromatic rings. The Bertz CT molecular complexity index is 607. The van der Waals surface area contributed by atoms with Gasteiger partial charge >= 0.3 is 0 Å². The summed E-state index contributed by atoms with van der Waals surface area (Å²) in [5.74, 6) is 0.703. The molecule has 2 rings (SSSR count). The van der Waals surface area contributed by atoms with Crippen molar-refractivity contribution in [1.29, 1.82) is 0 Å². The highest BCUT2D eigenvalue weighted by molar-refractivity contribution is 14.0. The summed E-state index contributed by atoms with van der Waals surface area (Å²) in [4.78, 5) is 15.8. The molecule has 1 aliphatic heterocycles. The van der Waals surface area contributed by atoms with Gasteiger partial charge in [0.2, 0.25) is 5.91 Å². The Kier molecular flexibility index (Phi) is 12.8. The second-order valence-corrected chi connectivity index (χ2v) is 6.57. The molecule has 1 amide bonds. The summed E-state index contributed by atoms with van der Waals surface area (Å²) in [6.45, 7) is 7.95. The molecule has 1 aromatic carbocycles. The smallest absolute Gasteiger partial charge is 0.221 e. The van der Waals surface area contributed by atoms with Gasteiger partial charge in [-0.05, 0) is 43.9 Å². The molecule has 28 heavy (non-hydrogen) atoms. The summed E-state index contributed by atoms with van der Waals surface area (Å²) in [6.07, 6.45) is 3.45. The van der Waals surface area contributed by atoms with Crippen LogP contribution in [0, 0.1) is 0 Å². The summed E-state index contributed by atoms with van der Waals surface area (Å²) in [7, 11) is 0. The van der Waals surface area contributed by atoms with Gasteiger partial charge in [0.05, 0.1) is 19.3 Å². The molecule has 1 heterocycles. The lowest BCUT2D eigenvalue weighted by Gasteiger charge is -2.13. The van der Waals surface area contributed by atoms with E-state index >= 15 is 0 Å². The minimum Gasteiger partial charge on any atom is -0.379 e. The summed E-state index contributed by atoms with van der Waals surface area (Å²) >= 11 is 0. The van der Waals surface area contributed by atoms with Crippen molar-refractivity contribution in [3.05, 3.63) is 29.8 Å². The number of hydrogen-bond acceptors (Lipinski definition) is 4. The summed E-state index contributed by atoms with van der Waals surface area (Å²) in [6, 6.07) is 7.72. The second kappa shape index (κ2) is 14.6. The van der Waals surface area contributed by atoms with Crippen molar-refractivity contribution in [3.8, 4) is 0 Å². The summed E-state index contributed by atoms with van der Waals surface area (Å²) in [5, 5.41) is 9.36. The first-order chi connectivity index (χ1) is 13.2. The second-order valence-electron chi connectivity index (χ2n) is 6.57. The highest BCUT2D eigenvalue weighted by atomic mass is 127. The van der Waals surface area contributed by atoms with Crippen molar-refractivity contribution >= 4 is 41.5 Å². The lowest BCUT2D eigenvalue weighted by molar-refractivity contribution is -0.114. The first kappa shape index (κ1) is 24.6. The lowest BCUT2D eigenvalue weighted by Crippen LogP contribution is -2.38. The molecule has 0 saturated carbocycles. The normalized spacial score (nSPS) is 16.4. The van der Waals surface area contributed by atoms with Crippen molar-refractivity contribution in [2.75, 3.05) is 38.2 Å². The molecule has 8 heteroatoms.